The van der Waals surface area contributed by atoms with Crippen LogP contribution in [0.15, 0.2) is 30.9 Å². The number of thiazole rings is 1. The molecule has 1 saturated heterocycles. The molecule has 1 aromatic carbocycles. The summed E-state index contributed by atoms with van der Waals surface area (Å²) in [6.07, 6.45) is 5.37. The summed E-state index contributed by atoms with van der Waals surface area (Å²) < 4.78 is 3.15. The lowest BCUT2D eigenvalue weighted by atomic mass is 10.1. The fraction of sp³-hybridized carbons (Fsp3) is 0.333. The summed E-state index contributed by atoms with van der Waals surface area (Å²) in [4.78, 5) is 13.9. The second kappa shape index (κ2) is 5.63. The summed E-state index contributed by atoms with van der Waals surface area (Å²) in [5.74, 6) is 0.894. The second-order valence-electron chi connectivity index (χ2n) is 6.83. The van der Waals surface area contributed by atoms with Gasteiger partial charge >= 0.3 is 0 Å². The zero-order valence-corrected chi connectivity index (χ0v) is 15.7. The van der Waals surface area contributed by atoms with Gasteiger partial charge in [-0.25, -0.2) is 9.97 Å². The number of fused-ring (bicyclic) bond motifs is 2. The van der Waals surface area contributed by atoms with E-state index in [1.165, 1.54) is 15.8 Å². The Morgan fingerprint density at radius 3 is 2.92 bits per heavy atom. The molecule has 0 amide bonds. The van der Waals surface area contributed by atoms with Crippen LogP contribution in [-0.2, 0) is 0 Å². The molecule has 0 spiro atoms. The lowest BCUT2D eigenvalue weighted by Crippen LogP contribution is -2.59. The lowest BCUT2D eigenvalue weighted by Gasteiger charge is -2.44. The van der Waals surface area contributed by atoms with Crippen LogP contribution < -0.4 is 9.80 Å². The van der Waals surface area contributed by atoms with Crippen LogP contribution in [0.2, 0.25) is 0 Å². The van der Waals surface area contributed by atoms with E-state index < -0.39 is 0 Å². The smallest absolute Gasteiger partial charge is 0.203 e. The molecule has 0 saturated carbocycles. The molecule has 7 nitrogen and oxygen atoms in total. The summed E-state index contributed by atoms with van der Waals surface area (Å²) in [6.45, 7) is 6.10. The topological polar surface area (TPSA) is 62.5 Å². The largest absolute Gasteiger partial charge is 0.349 e. The van der Waals surface area contributed by atoms with Crippen molar-refractivity contribution in [2.24, 2.45) is 0 Å². The molecule has 132 valence electrons. The van der Waals surface area contributed by atoms with Crippen molar-refractivity contribution in [3.8, 4) is 0 Å². The van der Waals surface area contributed by atoms with Crippen molar-refractivity contribution in [1.82, 2.24) is 24.6 Å². The molecule has 1 fully saturated rings. The molecule has 0 atom stereocenters. The minimum atomic E-state index is 0.418. The molecular formula is C18H19N7S. The maximum absolute atomic E-state index is 4.90. The van der Waals surface area contributed by atoms with Crippen molar-refractivity contribution >= 4 is 38.2 Å². The third kappa shape index (κ3) is 2.25. The zero-order chi connectivity index (χ0) is 17.8. The van der Waals surface area contributed by atoms with Gasteiger partial charge in [-0.3, -0.25) is 4.40 Å². The van der Waals surface area contributed by atoms with E-state index in [2.05, 4.69) is 58.0 Å². The number of aromatic nitrogens is 5. The Morgan fingerprint density at radius 2 is 2.08 bits per heavy atom. The Kier molecular flexibility index (Phi) is 3.36. The third-order valence-corrected chi connectivity index (χ3v) is 6.39. The number of rotatable bonds is 3. The fourth-order valence-corrected chi connectivity index (χ4v) is 4.42. The normalized spacial score (nSPS) is 15.0. The maximum Gasteiger partial charge on any atom is 0.203 e. The summed E-state index contributed by atoms with van der Waals surface area (Å²) in [5, 5.41) is 9.23. The van der Waals surface area contributed by atoms with E-state index in [0.29, 0.717) is 6.04 Å². The second-order valence-corrected chi connectivity index (χ2v) is 7.84. The van der Waals surface area contributed by atoms with Gasteiger partial charge in [0.15, 0.2) is 10.9 Å². The first-order valence-corrected chi connectivity index (χ1v) is 9.42. The summed E-state index contributed by atoms with van der Waals surface area (Å²) in [7, 11) is 2.13. The van der Waals surface area contributed by atoms with Gasteiger partial charge in [0.2, 0.25) is 5.65 Å². The number of hydrogen-bond acceptors (Lipinski definition) is 7. The molecule has 4 heterocycles. The predicted molar refractivity (Wildman–Crippen MR) is 104 cm³/mol. The van der Waals surface area contributed by atoms with Crippen molar-refractivity contribution in [3.63, 3.8) is 0 Å². The van der Waals surface area contributed by atoms with E-state index in [4.69, 9.17) is 4.98 Å². The Bertz CT molecular complexity index is 1110. The van der Waals surface area contributed by atoms with E-state index in [9.17, 15) is 0 Å². The molecular weight excluding hydrogens is 346 g/mol. The van der Waals surface area contributed by atoms with Gasteiger partial charge in [-0.05, 0) is 31.0 Å². The Balaban J connectivity index is 1.38. The van der Waals surface area contributed by atoms with E-state index >= 15 is 0 Å². The van der Waals surface area contributed by atoms with E-state index in [1.807, 2.05) is 10.6 Å². The molecule has 0 radical (unpaired) electrons. The molecule has 0 unspecified atom stereocenters. The summed E-state index contributed by atoms with van der Waals surface area (Å²) in [6, 6.07) is 4.77. The van der Waals surface area contributed by atoms with Crippen LogP contribution in [0.1, 0.15) is 11.1 Å². The predicted octanol–water partition coefficient (Wildman–Crippen LogP) is 2.68. The zero-order valence-electron chi connectivity index (χ0n) is 14.9. The molecule has 5 rings (SSSR count). The van der Waals surface area contributed by atoms with E-state index in [-0.39, 0.29) is 0 Å². The van der Waals surface area contributed by atoms with Gasteiger partial charge in [0.1, 0.15) is 6.33 Å². The molecule has 4 aromatic rings. The first-order chi connectivity index (χ1) is 12.6. The highest BCUT2D eigenvalue weighted by molar-refractivity contribution is 7.22. The Morgan fingerprint density at radius 1 is 1.23 bits per heavy atom. The monoisotopic (exact) mass is 365 g/mol. The average Bonchev–Trinajstić information content (AvgIpc) is 3.24. The van der Waals surface area contributed by atoms with Crippen LogP contribution in [0.3, 0.4) is 0 Å². The highest BCUT2D eigenvalue weighted by Crippen LogP contribution is 2.34. The van der Waals surface area contributed by atoms with Crippen LogP contribution in [-0.4, -0.2) is 50.7 Å². The van der Waals surface area contributed by atoms with Crippen molar-refractivity contribution < 1.29 is 0 Å². The van der Waals surface area contributed by atoms with Crippen LogP contribution in [0.4, 0.5) is 10.9 Å². The SMILES string of the molecule is Cc1ccc2sc(N(C)C3CN(c4nccn5cnnc45)C3)nc2c1C. The number of anilines is 2. The van der Waals surface area contributed by atoms with Gasteiger partial charge in [0.05, 0.1) is 16.3 Å². The molecule has 26 heavy (non-hydrogen) atoms. The lowest BCUT2D eigenvalue weighted by molar-refractivity contribution is 0.492. The molecule has 0 aliphatic carbocycles. The van der Waals surface area contributed by atoms with Crippen molar-refractivity contribution in [2.75, 3.05) is 29.9 Å². The van der Waals surface area contributed by atoms with E-state index in [0.717, 1.165) is 35.2 Å². The Hall–Kier alpha value is -2.74. The van der Waals surface area contributed by atoms with E-state index in [1.54, 1.807) is 23.9 Å². The summed E-state index contributed by atoms with van der Waals surface area (Å²) in [5.41, 5.74) is 4.50. The first-order valence-electron chi connectivity index (χ1n) is 8.60. The molecule has 1 aliphatic heterocycles. The molecule has 8 heteroatoms. The standard InChI is InChI=1S/C18H19N7S/c1-11-4-5-14-15(12(11)2)21-18(26-14)23(3)13-8-25(9-13)16-17-22-20-10-24(17)7-6-19-16/h4-7,10,13H,8-9H2,1-3H3. The van der Waals surface area contributed by atoms with Crippen molar-refractivity contribution in [2.45, 2.75) is 19.9 Å². The molecule has 0 bridgehead atoms. The molecule has 1 aliphatic rings. The molecule has 0 N–H and O–H groups in total. The number of likely N-dealkylation sites (N-methyl/N-ethyl adjacent to an activating group) is 1. The van der Waals surface area contributed by atoms with Gasteiger partial charge in [0.25, 0.3) is 0 Å². The average molecular weight is 365 g/mol. The van der Waals surface area contributed by atoms with Gasteiger partial charge in [-0.2, -0.15) is 0 Å². The van der Waals surface area contributed by atoms with Gasteiger partial charge < -0.3 is 9.80 Å². The minimum Gasteiger partial charge on any atom is -0.349 e. The van der Waals surface area contributed by atoms with Crippen molar-refractivity contribution in [1.29, 1.82) is 0 Å². The van der Waals surface area contributed by atoms with Crippen molar-refractivity contribution in [3.05, 3.63) is 42.0 Å². The van der Waals surface area contributed by atoms with Crippen LogP contribution in [0.5, 0.6) is 0 Å². The van der Waals surface area contributed by atoms with Gasteiger partial charge in [-0.15, -0.1) is 10.2 Å². The van der Waals surface area contributed by atoms with Crippen LogP contribution in [0.25, 0.3) is 15.9 Å². The Labute approximate surface area is 154 Å². The van der Waals surface area contributed by atoms with Gasteiger partial charge in [-0.1, -0.05) is 17.4 Å². The quantitative estimate of drug-likeness (QED) is 0.556. The molecule has 3 aromatic heterocycles. The highest BCUT2D eigenvalue weighted by Gasteiger charge is 2.33. The maximum atomic E-state index is 4.90. The van der Waals surface area contributed by atoms with Gasteiger partial charge in [0, 0.05) is 32.5 Å². The number of hydrogen-bond donors (Lipinski definition) is 0. The number of benzene rings is 1. The summed E-state index contributed by atoms with van der Waals surface area (Å²) >= 11 is 1.76. The minimum absolute atomic E-state index is 0.418. The van der Waals surface area contributed by atoms with Crippen LogP contribution in [0, 0.1) is 13.8 Å². The third-order valence-electron chi connectivity index (χ3n) is 5.28. The fourth-order valence-electron chi connectivity index (χ4n) is 3.36. The number of nitrogens with zero attached hydrogens (tertiary/aromatic N) is 7. The number of aryl methyl sites for hydroxylation is 2. The van der Waals surface area contributed by atoms with Crippen LogP contribution >= 0.6 is 11.3 Å². The first kappa shape index (κ1) is 15.5. The highest BCUT2D eigenvalue weighted by atomic mass is 32.1.